The third kappa shape index (κ3) is 3.48. The van der Waals surface area contributed by atoms with Gasteiger partial charge in [-0.05, 0) is 45.2 Å². The Balaban J connectivity index is 1.54. The van der Waals surface area contributed by atoms with Crippen molar-refractivity contribution in [1.82, 2.24) is 14.7 Å². The number of urea groups is 1. The first kappa shape index (κ1) is 14.6. The Morgan fingerprint density at radius 1 is 1.10 bits per heavy atom. The Morgan fingerprint density at radius 2 is 1.81 bits per heavy atom. The van der Waals surface area contributed by atoms with Crippen LogP contribution in [0.4, 0.5) is 4.79 Å². The zero-order valence-electron chi connectivity index (χ0n) is 12.5. The second-order valence-corrected chi connectivity index (χ2v) is 6.48. The van der Waals surface area contributed by atoms with Gasteiger partial charge in [0.25, 0.3) is 0 Å². The largest absolute Gasteiger partial charge is 0.481 e. The van der Waals surface area contributed by atoms with Gasteiger partial charge < -0.3 is 14.9 Å². The normalized spacial score (nSPS) is 26.3. The minimum absolute atomic E-state index is 0.0473. The van der Waals surface area contributed by atoms with E-state index < -0.39 is 5.97 Å². The van der Waals surface area contributed by atoms with E-state index in [1.54, 1.807) is 4.90 Å². The van der Waals surface area contributed by atoms with E-state index in [2.05, 4.69) is 4.90 Å². The number of nitrogens with zero attached hydrogens (tertiary/aromatic N) is 3. The summed E-state index contributed by atoms with van der Waals surface area (Å²) in [6.45, 7) is 4.31. The van der Waals surface area contributed by atoms with Gasteiger partial charge in [-0.1, -0.05) is 0 Å². The van der Waals surface area contributed by atoms with Crippen molar-refractivity contribution < 1.29 is 14.7 Å². The summed E-state index contributed by atoms with van der Waals surface area (Å²) in [6.07, 6.45) is 5.70. The van der Waals surface area contributed by atoms with Crippen LogP contribution < -0.4 is 0 Å². The summed E-state index contributed by atoms with van der Waals surface area (Å²) < 4.78 is 0. The third-order valence-electron chi connectivity index (χ3n) is 4.89. The Kier molecular flexibility index (Phi) is 4.33. The molecule has 1 N–H and O–H groups in total. The fourth-order valence-corrected chi connectivity index (χ4v) is 3.54. The van der Waals surface area contributed by atoms with Crippen LogP contribution in [-0.4, -0.2) is 76.6 Å². The Labute approximate surface area is 125 Å². The van der Waals surface area contributed by atoms with Gasteiger partial charge in [0.05, 0.1) is 6.42 Å². The highest BCUT2D eigenvalue weighted by Crippen LogP contribution is 2.29. The number of carbonyl (C=O) groups is 2. The van der Waals surface area contributed by atoms with E-state index in [1.165, 1.54) is 12.8 Å². The van der Waals surface area contributed by atoms with Crippen LogP contribution >= 0.6 is 0 Å². The van der Waals surface area contributed by atoms with E-state index in [4.69, 9.17) is 5.11 Å². The zero-order valence-corrected chi connectivity index (χ0v) is 12.5. The maximum Gasteiger partial charge on any atom is 0.320 e. The fraction of sp³-hybridized carbons (Fsp3) is 0.867. The first-order chi connectivity index (χ1) is 10.1. The van der Waals surface area contributed by atoms with Gasteiger partial charge in [-0.3, -0.25) is 9.69 Å². The third-order valence-corrected chi connectivity index (χ3v) is 4.89. The second kappa shape index (κ2) is 6.22. The van der Waals surface area contributed by atoms with Gasteiger partial charge in [0.2, 0.25) is 0 Å². The molecule has 3 aliphatic rings. The SMILES string of the molecule is O=C(O)CCN(C(=O)N1CCC(N2CCCC2)C1)C1CC1. The molecule has 0 aromatic carbocycles. The summed E-state index contributed by atoms with van der Waals surface area (Å²) in [5, 5.41) is 8.84. The van der Waals surface area contributed by atoms with Crippen LogP contribution in [0.15, 0.2) is 0 Å². The predicted octanol–water partition coefficient (Wildman–Crippen LogP) is 1.22. The maximum absolute atomic E-state index is 12.6. The Morgan fingerprint density at radius 3 is 2.43 bits per heavy atom. The summed E-state index contributed by atoms with van der Waals surface area (Å²) in [7, 11) is 0. The number of aliphatic carboxylic acids is 1. The van der Waals surface area contributed by atoms with Crippen LogP contribution in [0.25, 0.3) is 0 Å². The topological polar surface area (TPSA) is 64.1 Å². The number of likely N-dealkylation sites (tertiary alicyclic amines) is 2. The van der Waals surface area contributed by atoms with E-state index in [0.717, 1.165) is 45.4 Å². The van der Waals surface area contributed by atoms with Crippen LogP contribution in [-0.2, 0) is 4.79 Å². The summed E-state index contributed by atoms with van der Waals surface area (Å²) in [6, 6.07) is 0.847. The summed E-state index contributed by atoms with van der Waals surface area (Å²) in [5.41, 5.74) is 0. The molecule has 2 heterocycles. The molecule has 1 saturated carbocycles. The molecule has 3 fully saturated rings. The molecular formula is C15H25N3O3. The number of carbonyl (C=O) groups excluding carboxylic acids is 1. The summed E-state index contributed by atoms with van der Waals surface area (Å²) in [4.78, 5) is 29.6. The average Bonchev–Trinajstić information content (AvgIpc) is 2.96. The Hall–Kier alpha value is -1.30. The molecule has 2 saturated heterocycles. The van der Waals surface area contributed by atoms with Crippen LogP contribution in [0.2, 0.25) is 0 Å². The number of rotatable bonds is 5. The van der Waals surface area contributed by atoms with Gasteiger partial charge in [-0.25, -0.2) is 4.79 Å². The number of carboxylic acids is 1. The van der Waals surface area contributed by atoms with Gasteiger partial charge >= 0.3 is 12.0 Å². The molecule has 2 aliphatic heterocycles. The zero-order chi connectivity index (χ0) is 14.8. The van der Waals surface area contributed by atoms with Crippen molar-refractivity contribution in [3.8, 4) is 0 Å². The van der Waals surface area contributed by atoms with Crippen molar-refractivity contribution in [3.05, 3.63) is 0 Å². The molecule has 2 amide bonds. The number of carboxylic acid groups (broad SMARTS) is 1. The van der Waals surface area contributed by atoms with Gasteiger partial charge in [-0.2, -0.15) is 0 Å². The molecule has 1 atom stereocenters. The highest BCUT2D eigenvalue weighted by Gasteiger charge is 2.38. The van der Waals surface area contributed by atoms with Crippen LogP contribution in [0.3, 0.4) is 0 Å². The lowest BCUT2D eigenvalue weighted by atomic mass is 10.2. The smallest absolute Gasteiger partial charge is 0.320 e. The molecule has 21 heavy (non-hydrogen) atoms. The minimum atomic E-state index is -0.829. The highest BCUT2D eigenvalue weighted by molar-refractivity contribution is 5.76. The molecule has 1 unspecified atom stereocenters. The van der Waals surface area contributed by atoms with Crippen LogP contribution in [0, 0.1) is 0 Å². The molecule has 0 spiro atoms. The van der Waals surface area contributed by atoms with Crippen molar-refractivity contribution in [3.63, 3.8) is 0 Å². The molecule has 0 aromatic heterocycles. The lowest BCUT2D eigenvalue weighted by Gasteiger charge is -2.29. The molecule has 0 radical (unpaired) electrons. The molecule has 6 heteroatoms. The molecule has 0 aromatic rings. The van der Waals surface area contributed by atoms with Gasteiger partial charge in [-0.15, -0.1) is 0 Å². The van der Waals surface area contributed by atoms with Crippen molar-refractivity contribution in [2.24, 2.45) is 0 Å². The van der Waals surface area contributed by atoms with Gasteiger partial charge in [0.15, 0.2) is 0 Å². The van der Waals surface area contributed by atoms with Crippen molar-refractivity contribution in [2.45, 2.75) is 50.6 Å². The predicted molar refractivity (Wildman–Crippen MR) is 78.2 cm³/mol. The monoisotopic (exact) mass is 295 g/mol. The lowest BCUT2D eigenvalue weighted by Crippen LogP contribution is -2.45. The number of hydrogen-bond donors (Lipinski definition) is 1. The van der Waals surface area contributed by atoms with Crippen LogP contribution in [0.1, 0.15) is 38.5 Å². The maximum atomic E-state index is 12.6. The van der Waals surface area contributed by atoms with E-state index in [9.17, 15) is 9.59 Å². The molecule has 6 nitrogen and oxygen atoms in total. The molecule has 3 rings (SSSR count). The van der Waals surface area contributed by atoms with Crippen LogP contribution in [0.5, 0.6) is 0 Å². The van der Waals surface area contributed by atoms with Crippen molar-refractivity contribution >= 4 is 12.0 Å². The molecule has 118 valence electrons. The second-order valence-electron chi connectivity index (χ2n) is 6.48. The molecule has 0 bridgehead atoms. The number of hydrogen-bond acceptors (Lipinski definition) is 3. The minimum Gasteiger partial charge on any atom is -0.481 e. The first-order valence-electron chi connectivity index (χ1n) is 8.16. The summed E-state index contributed by atoms with van der Waals surface area (Å²) >= 11 is 0. The summed E-state index contributed by atoms with van der Waals surface area (Å²) in [5.74, 6) is -0.829. The molecular weight excluding hydrogens is 270 g/mol. The number of amides is 2. The van der Waals surface area contributed by atoms with Gasteiger partial charge in [0.1, 0.15) is 0 Å². The van der Waals surface area contributed by atoms with Crippen molar-refractivity contribution in [1.29, 1.82) is 0 Å². The fourth-order valence-electron chi connectivity index (χ4n) is 3.54. The van der Waals surface area contributed by atoms with Gasteiger partial charge in [0, 0.05) is 31.7 Å². The quantitative estimate of drug-likeness (QED) is 0.828. The van der Waals surface area contributed by atoms with Crippen molar-refractivity contribution in [2.75, 3.05) is 32.7 Å². The first-order valence-corrected chi connectivity index (χ1v) is 8.16. The van der Waals surface area contributed by atoms with E-state index in [1.807, 2.05) is 4.90 Å². The Bertz CT molecular complexity index is 405. The standard InChI is InChI=1S/C15H25N3O3/c19-14(20)6-10-18(12-3-4-12)15(21)17-9-5-13(11-17)16-7-1-2-8-16/h12-13H,1-11H2,(H,19,20). The van der Waals surface area contributed by atoms with E-state index in [0.29, 0.717) is 12.6 Å². The lowest BCUT2D eigenvalue weighted by molar-refractivity contribution is -0.137. The highest BCUT2D eigenvalue weighted by atomic mass is 16.4. The molecule has 1 aliphatic carbocycles. The van der Waals surface area contributed by atoms with E-state index in [-0.39, 0.29) is 18.5 Å². The average molecular weight is 295 g/mol. The van der Waals surface area contributed by atoms with E-state index >= 15 is 0 Å².